The van der Waals surface area contributed by atoms with Gasteiger partial charge in [0.05, 0.1) is 6.26 Å². The normalized spacial score (nSPS) is 10.9. The van der Waals surface area contributed by atoms with E-state index in [9.17, 15) is 4.79 Å². The lowest BCUT2D eigenvalue weighted by Crippen LogP contribution is -2.11. The molecule has 9 heteroatoms. The maximum atomic E-state index is 12.6. The number of hydrogen-bond acceptors (Lipinski definition) is 7. The minimum absolute atomic E-state index is 0.0819. The molecule has 0 radical (unpaired) electrons. The molecular weight excluding hydrogens is 370 g/mol. The summed E-state index contributed by atoms with van der Waals surface area (Å²) in [5.41, 5.74) is 1.29. The predicted molar refractivity (Wildman–Crippen MR) is 98.6 cm³/mol. The van der Waals surface area contributed by atoms with Gasteiger partial charge in [-0.15, -0.1) is 5.10 Å². The molecule has 0 fully saturated rings. The van der Waals surface area contributed by atoms with Gasteiger partial charge in [-0.05, 0) is 29.8 Å². The Morgan fingerprint density at radius 2 is 2.22 bits per heavy atom. The van der Waals surface area contributed by atoms with E-state index in [1.807, 2.05) is 6.07 Å². The number of esters is 1. The van der Waals surface area contributed by atoms with Gasteiger partial charge in [-0.3, -0.25) is 0 Å². The average molecular weight is 384 g/mol. The fourth-order valence-electron chi connectivity index (χ4n) is 2.55. The molecule has 1 aromatic carbocycles. The number of aromatic nitrogens is 4. The van der Waals surface area contributed by atoms with E-state index in [1.54, 1.807) is 37.4 Å². The van der Waals surface area contributed by atoms with Crippen molar-refractivity contribution in [3.63, 3.8) is 0 Å². The molecule has 0 aliphatic rings. The topological polar surface area (TPSA) is 94.5 Å². The number of anilines is 1. The third-order valence-electron chi connectivity index (χ3n) is 3.81. The smallest absolute Gasteiger partial charge is 0.343 e. The summed E-state index contributed by atoms with van der Waals surface area (Å²) >= 11 is 5.95. The van der Waals surface area contributed by atoms with Crippen LogP contribution in [0.1, 0.15) is 15.9 Å². The molecule has 0 saturated heterocycles. The van der Waals surface area contributed by atoms with E-state index in [0.29, 0.717) is 28.2 Å². The van der Waals surface area contributed by atoms with Crippen molar-refractivity contribution in [2.75, 3.05) is 12.4 Å². The summed E-state index contributed by atoms with van der Waals surface area (Å²) in [4.78, 5) is 21.2. The Morgan fingerprint density at radius 3 is 2.96 bits per heavy atom. The lowest BCUT2D eigenvalue weighted by Gasteiger charge is -2.07. The van der Waals surface area contributed by atoms with Crippen LogP contribution >= 0.6 is 11.6 Å². The van der Waals surface area contributed by atoms with E-state index in [0.717, 1.165) is 5.56 Å². The molecule has 0 amide bonds. The number of nitrogens with one attached hydrogen (secondary N) is 1. The van der Waals surface area contributed by atoms with Gasteiger partial charge in [-0.2, -0.15) is 4.52 Å². The summed E-state index contributed by atoms with van der Waals surface area (Å²) in [7, 11) is 1.70. The molecule has 0 bridgehead atoms. The van der Waals surface area contributed by atoms with Crippen molar-refractivity contribution in [3.05, 3.63) is 65.0 Å². The van der Waals surface area contributed by atoms with E-state index < -0.39 is 5.97 Å². The standard InChI is InChI=1S/C18H14ClN5O3/c1-20-18-21-9-13(17(25)27-10-11-4-2-5-12(19)8-11)16-22-15(23-24(16)18)14-6-3-7-26-14/h2-9H,10H2,1H3,(H,20,21). The van der Waals surface area contributed by atoms with Crippen LogP contribution in [-0.2, 0) is 11.3 Å². The summed E-state index contributed by atoms with van der Waals surface area (Å²) < 4.78 is 12.2. The Kier molecular flexibility index (Phi) is 4.47. The predicted octanol–water partition coefficient (Wildman–Crippen LogP) is 3.44. The fourth-order valence-corrected chi connectivity index (χ4v) is 2.76. The molecule has 1 N–H and O–H groups in total. The zero-order valence-electron chi connectivity index (χ0n) is 14.2. The molecule has 4 aromatic rings. The van der Waals surface area contributed by atoms with Crippen molar-refractivity contribution in [1.29, 1.82) is 0 Å². The van der Waals surface area contributed by atoms with Crippen LogP contribution in [0.5, 0.6) is 0 Å². The molecule has 4 rings (SSSR count). The van der Waals surface area contributed by atoms with Gasteiger partial charge in [0.15, 0.2) is 11.4 Å². The Labute approximate surface area is 158 Å². The molecule has 0 saturated carbocycles. The zero-order valence-corrected chi connectivity index (χ0v) is 15.0. The highest BCUT2D eigenvalue weighted by Gasteiger charge is 2.20. The molecule has 0 spiro atoms. The van der Waals surface area contributed by atoms with Gasteiger partial charge < -0.3 is 14.5 Å². The van der Waals surface area contributed by atoms with Gasteiger partial charge in [0.1, 0.15) is 12.2 Å². The van der Waals surface area contributed by atoms with Crippen LogP contribution in [0.15, 0.2) is 53.3 Å². The van der Waals surface area contributed by atoms with Crippen LogP contribution in [0.2, 0.25) is 5.02 Å². The Morgan fingerprint density at radius 1 is 1.33 bits per heavy atom. The number of ether oxygens (including phenoxy) is 1. The van der Waals surface area contributed by atoms with Gasteiger partial charge in [0, 0.05) is 18.3 Å². The summed E-state index contributed by atoms with van der Waals surface area (Å²) in [6, 6.07) is 10.6. The number of carbonyl (C=O) groups excluding carboxylic acids is 1. The molecule has 0 atom stereocenters. The lowest BCUT2D eigenvalue weighted by atomic mass is 10.2. The summed E-state index contributed by atoms with van der Waals surface area (Å²) in [6.45, 7) is 0.0819. The van der Waals surface area contributed by atoms with Gasteiger partial charge in [-0.1, -0.05) is 23.7 Å². The van der Waals surface area contributed by atoms with Crippen LogP contribution < -0.4 is 5.32 Å². The minimum Gasteiger partial charge on any atom is -0.461 e. The van der Waals surface area contributed by atoms with Crippen LogP contribution in [0.4, 0.5) is 5.95 Å². The number of furan rings is 1. The van der Waals surface area contributed by atoms with Crippen LogP contribution in [-0.4, -0.2) is 32.6 Å². The summed E-state index contributed by atoms with van der Waals surface area (Å²) in [6.07, 6.45) is 2.93. The largest absolute Gasteiger partial charge is 0.461 e. The van der Waals surface area contributed by atoms with Crippen molar-refractivity contribution in [2.24, 2.45) is 0 Å². The van der Waals surface area contributed by atoms with Crippen molar-refractivity contribution in [2.45, 2.75) is 6.61 Å². The van der Waals surface area contributed by atoms with Crippen LogP contribution in [0.25, 0.3) is 17.2 Å². The first kappa shape index (κ1) is 17.0. The highest BCUT2D eigenvalue weighted by atomic mass is 35.5. The van der Waals surface area contributed by atoms with Gasteiger partial charge in [-0.25, -0.2) is 14.8 Å². The van der Waals surface area contributed by atoms with Crippen LogP contribution in [0.3, 0.4) is 0 Å². The molecule has 136 valence electrons. The Bertz CT molecular complexity index is 1110. The van der Waals surface area contributed by atoms with E-state index >= 15 is 0 Å². The van der Waals surface area contributed by atoms with Crippen molar-refractivity contribution in [1.82, 2.24) is 19.6 Å². The van der Waals surface area contributed by atoms with E-state index in [2.05, 4.69) is 20.4 Å². The third-order valence-corrected chi connectivity index (χ3v) is 4.04. The number of halogens is 1. The minimum atomic E-state index is -0.562. The molecule has 0 aliphatic carbocycles. The molecule has 0 aliphatic heterocycles. The van der Waals surface area contributed by atoms with Gasteiger partial charge in [0.25, 0.3) is 0 Å². The second-order valence-electron chi connectivity index (χ2n) is 5.60. The molecular formula is C18H14ClN5O3. The lowest BCUT2D eigenvalue weighted by molar-refractivity contribution is 0.0474. The number of hydrogen-bond donors (Lipinski definition) is 1. The first-order chi connectivity index (χ1) is 13.2. The first-order valence-electron chi connectivity index (χ1n) is 8.04. The van der Waals surface area contributed by atoms with Crippen molar-refractivity contribution in [3.8, 4) is 11.6 Å². The molecule has 27 heavy (non-hydrogen) atoms. The second kappa shape index (κ2) is 7.08. The quantitative estimate of drug-likeness (QED) is 0.527. The molecule has 8 nitrogen and oxygen atoms in total. The summed E-state index contributed by atoms with van der Waals surface area (Å²) in [5, 5.41) is 7.85. The molecule has 0 unspecified atom stereocenters. The SMILES string of the molecule is CNc1ncc(C(=O)OCc2cccc(Cl)c2)c2nc(-c3ccco3)nn12. The number of nitrogens with zero attached hydrogens (tertiary/aromatic N) is 4. The van der Waals surface area contributed by atoms with Crippen LogP contribution in [0, 0.1) is 0 Å². The monoisotopic (exact) mass is 383 g/mol. The highest BCUT2D eigenvalue weighted by Crippen LogP contribution is 2.21. The fraction of sp³-hybridized carbons (Fsp3) is 0.111. The van der Waals surface area contributed by atoms with Gasteiger partial charge in [0.2, 0.25) is 11.8 Å². The zero-order chi connectivity index (χ0) is 18.8. The van der Waals surface area contributed by atoms with Gasteiger partial charge >= 0.3 is 5.97 Å². The van der Waals surface area contributed by atoms with Crippen molar-refractivity contribution < 1.29 is 13.9 Å². The summed E-state index contributed by atoms with van der Waals surface area (Å²) in [5.74, 6) is 0.697. The van der Waals surface area contributed by atoms with E-state index in [-0.39, 0.29) is 12.2 Å². The number of rotatable bonds is 5. The number of benzene rings is 1. The molecule has 3 aromatic heterocycles. The second-order valence-corrected chi connectivity index (χ2v) is 6.04. The maximum absolute atomic E-state index is 12.6. The first-order valence-corrected chi connectivity index (χ1v) is 8.42. The van der Waals surface area contributed by atoms with E-state index in [4.69, 9.17) is 20.8 Å². The Hall–Kier alpha value is -3.39. The number of fused-ring (bicyclic) bond motifs is 1. The molecule has 3 heterocycles. The van der Waals surface area contributed by atoms with Crippen molar-refractivity contribution >= 4 is 29.2 Å². The maximum Gasteiger partial charge on any atom is 0.343 e. The van der Waals surface area contributed by atoms with E-state index in [1.165, 1.54) is 17.0 Å². The number of carbonyl (C=O) groups is 1. The highest BCUT2D eigenvalue weighted by molar-refractivity contribution is 6.30. The third kappa shape index (κ3) is 3.34. The average Bonchev–Trinajstić information content (AvgIpc) is 3.34. The Balaban J connectivity index is 1.67.